The molecule has 6 heteroatoms. The molecule has 102 valence electrons. The molecule has 0 aliphatic heterocycles. The lowest BCUT2D eigenvalue weighted by molar-refractivity contribution is 0.318. The van der Waals surface area contributed by atoms with E-state index in [1.807, 2.05) is 21.0 Å². The molecular formula is C12H23N5O. The molecule has 0 saturated heterocycles. The first-order valence-electron chi connectivity index (χ1n) is 5.90. The molecule has 6 nitrogen and oxygen atoms in total. The molecule has 0 bridgehead atoms. The van der Waals surface area contributed by atoms with Gasteiger partial charge in [0.2, 0.25) is 0 Å². The topological polar surface area (TPSA) is 79.7 Å². The van der Waals surface area contributed by atoms with Gasteiger partial charge in [0.05, 0.1) is 11.3 Å². The average Bonchev–Trinajstić information content (AvgIpc) is 2.49. The summed E-state index contributed by atoms with van der Waals surface area (Å²) in [5.41, 5.74) is 7.32. The predicted octanol–water partition coefficient (Wildman–Crippen LogP) is 1.31. The Balaban J connectivity index is 3.23. The van der Waals surface area contributed by atoms with Gasteiger partial charge in [-0.15, -0.1) is 0 Å². The van der Waals surface area contributed by atoms with E-state index in [0.717, 1.165) is 18.1 Å². The van der Waals surface area contributed by atoms with E-state index in [9.17, 15) is 0 Å². The zero-order chi connectivity index (χ0) is 14.1. The van der Waals surface area contributed by atoms with Gasteiger partial charge in [-0.3, -0.25) is 4.68 Å². The number of aromatic nitrogens is 2. The quantitative estimate of drug-likeness (QED) is 0.368. The Bertz CT molecular complexity index is 456. The molecule has 0 saturated carbocycles. The Morgan fingerprint density at radius 2 is 2.06 bits per heavy atom. The number of hydrogen-bond donors (Lipinski definition) is 2. The Hall–Kier alpha value is -1.72. The van der Waals surface area contributed by atoms with Gasteiger partial charge in [0.25, 0.3) is 0 Å². The van der Waals surface area contributed by atoms with Crippen LogP contribution in [0.5, 0.6) is 0 Å². The average molecular weight is 253 g/mol. The second-order valence-corrected chi connectivity index (χ2v) is 5.81. The normalized spacial score (nSPS) is 12.9. The third-order valence-corrected chi connectivity index (χ3v) is 2.63. The minimum atomic E-state index is 0.0939. The van der Waals surface area contributed by atoms with E-state index in [-0.39, 0.29) is 11.3 Å². The maximum Gasteiger partial charge on any atom is 0.175 e. The summed E-state index contributed by atoms with van der Waals surface area (Å²) in [6.45, 7) is 9.18. The summed E-state index contributed by atoms with van der Waals surface area (Å²) in [6.07, 6.45) is 0. The molecule has 0 spiro atoms. The molecule has 0 unspecified atom stereocenters. The van der Waals surface area contributed by atoms with Crippen molar-refractivity contribution >= 4 is 11.7 Å². The van der Waals surface area contributed by atoms with Gasteiger partial charge in [0, 0.05) is 20.6 Å². The highest BCUT2D eigenvalue weighted by atomic mass is 16.4. The van der Waals surface area contributed by atoms with Crippen LogP contribution in [-0.2, 0) is 7.05 Å². The predicted molar refractivity (Wildman–Crippen MR) is 73.2 cm³/mol. The molecule has 0 atom stereocenters. The fourth-order valence-corrected chi connectivity index (χ4v) is 2.22. The Kier molecular flexibility index (Phi) is 3.88. The second kappa shape index (κ2) is 4.88. The summed E-state index contributed by atoms with van der Waals surface area (Å²) in [4.78, 5) is 2.08. The van der Waals surface area contributed by atoms with E-state index >= 15 is 0 Å². The van der Waals surface area contributed by atoms with Crippen LogP contribution < -0.4 is 10.6 Å². The Labute approximate surface area is 108 Å². The highest BCUT2D eigenvalue weighted by molar-refractivity contribution is 6.02. The van der Waals surface area contributed by atoms with E-state index < -0.39 is 0 Å². The summed E-state index contributed by atoms with van der Waals surface area (Å²) in [6, 6.07) is 0. The van der Waals surface area contributed by atoms with Crippen molar-refractivity contribution in [1.29, 1.82) is 0 Å². The van der Waals surface area contributed by atoms with Crippen LogP contribution in [-0.4, -0.2) is 34.4 Å². The molecule has 1 rings (SSSR count). The first kappa shape index (κ1) is 14.3. The van der Waals surface area contributed by atoms with Gasteiger partial charge in [-0.1, -0.05) is 25.9 Å². The maximum absolute atomic E-state index is 8.87. The fraction of sp³-hybridized carbons (Fsp3) is 0.667. The van der Waals surface area contributed by atoms with Crippen LogP contribution in [0.15, 0.2) is 5.16 Å². The summed E-state index contributed by atoms with van der Waals surface area (Å²) >= 11 is 0. The standard InChI is InChI=1S/C12H23N5O/c1-8-9(10(13)15-18)11(17(6)14-8)16(5)7-12(2,3)4/h18H,7H2,1-6H3,(H2,13,15). The first-order chi connectivity index (χ1) is 8.17. The van der Waals surface area contributed by atoms with Crippen molar-refractivity contribution in [2.45, 2.75) is 27.7 Å². The fourth-order valence-electron chi connectivity index (χ4n) is 2.22. The highest BCUT2D eigenvalue weighted by Gasteiger charge is 2.23. The van der Waals surface area contributed by atoms with Gasteiger partial charge in [0.1, 0.15) is 5.82 Å². The lowest BCUT2D eigenvalue weighted by Crippen LogP contribution is -2.32. The van der Waals surface area contributed by atoms with Gasteiger partial charge in [-0.2, -0.15) is 5.10 Å². The van der Waals surface area contributed by atoms with Gasteiger partial charge in [-0.05, 0) is 12.3 Å². The van der Waals surface area contributed by atoms with E-state index in [1.54, 1.807) is 4.68 Å². The molecule has 0 radical (unpaired) electrons. The number of nitrogens with two attached hydrogens (primary N) is 1. The van der Waals surface area contributed by atoms with E-state index in [4.69, 9.17) is 10.9 Å². The number of hydrogen-bond acceptors (Lipinski definition) is 4. The van der Waals surface area contributed by atoms with Gasteiger partial charge < -0.3 is 15.8 Å². The number of aryl methyl sites for hydroxylation is 2. The third-order valence-electron chi connectivity index (χ3n) is 2.63. The lowest BCUT2D eigenvalue weighted by Gasteiger charge is -2.28. The van der Waals surface area contributed by atoms with Gasteiger partial charge >= 0.3 is 0 Å². The zero-order valence-corrected chi connectivity index (χ0v) is 12.0. The van der Waals surface area contributed by atoms with Crippen molar-refractivity contribution in [3.63, 3.8) is 0 Å². The minimum absolute atomic E-state index is 0.0939. The molecular weight excluding hydrogens is 230 g/mol. The SMILES string of the molecule is Cc1nn(C)c(N(C)CC(C)(C)C)c1C(N)=NO. The van der Waals surface area contributed by atoms with Crippen LogP contribution in [0.1, 0.15) is 32.0 Å². The number of nitrogens with zero attached hydrogens (tertiary/aromatic N) is 4. The Morgan fingerprint density at radius 3 is 2.50 bits per heavy atom. The number of oxime groups is 1. The van der Waals surface area contributed by atoms with Crippen molar-refractivity contribution in [3.05, 3.63) is 11.3 Å². The van der Waals surface area contributed by atoms with E-state index in [1.165, 1.54) is 0 Å². The highest BCUT2D eigenvalue weighted by Crippen LogP contribution is 2.25. The molecule has 3 N–H and O–H groups in total. The van der Waals surface area contributed by atoms with Crippen LogP contribution >= 0.6 is 0 Å². The summed E-state index contributed by atoms with van der Waals surface area (Å²) in [5.74, 6) is 0.953. The van der Waals surface area contributed by atoms with Gasteiger partial charge in [0.15, 0.2) is 5.84 Å². The van der Waals surface area contributed by atoms with E-state index in [2.05, 4.69) is 35.9 Å². The molecule has 0 fully saturated rings. The second-order valence-electron chi connectivity index (χ2n) is 5.81. The van der Waals surface area contributed by atoms with Crippen LogP contribution in [0.2, 0.25) is 0 Å². The number of amidine groups is 1. The van der Waals surface area contributed by atoms with Gasteiger partial charge in [-0.25, -0.2) is 0 Å². The van der Waals surface area contributed by atoms with Crippen molar-refractivity contribution in [3.8, 4) is 0 Å². The zero-order valence-electron chi connectivity index (χ0n) is 12.0. The molecule has 1 heterocycles. The molecule has 0 aliphatic carbocycles. The molecule has 0 aromatic carbocycles. The van der Waals surface area contributed by atoms with Crippen molar-refractivity contribution in [1.82, 2.24) is 9.78 Å². The molecule has 0 aliphatic rings. The van der Waals surface area contributed by atoms with Crippen molar-refractivity contribution in [2.75, 3.05) is 18.5 Å². The third kappa shape index (κ3) is 2.94. The molecule has 1 aromatic rings. The molecule has 0 amide bonds. The number of anilines is 1. The largest absolute Gasteiger partial charge is 0.409 e. The first-order valence-corrected chi connectivity index (χ1v) is 5.90. The van der Waals surface area contributed by atoms with Crippen LogP contribution in [0, 0.1) is 12.3 Å². The van der Waals surface area contributed by atoms with E-state index in [0.29, 0.717) is 5.56 Å². The Morgan fingerprint density at radius 1 is 1.50 bits per heavy atom. The van der Waals surface area contributed by atoms with Crippen LogP contribution in [0.3, 0.4) is 0 Å². The smallest absolute Gasteiger partial charge is 0.175 e. The monoisotopic (exact) mass is 253 g/mol. The van der Waals surface area contributed by atoms with Crippen molar-refractivity contribution in [2.24, 2.45) is 23.4 Å². The molecule has 1 aromatic heterocycles. The van der Waals surface area contributed by atoms with Crippen LogP contribution in [0.25, 0.3) is 0 Å². The number of rotatable bonds is 3. The minimum Gasteiger partial charge on any atom is -0.409 e. The van der Waals surface area contributed by atoms with Crippen molar-refractivity contribution < 1.29 is 5.21 Å². The summed E-state index contributed by atoms with van der Waals surface area (Å²) < 4.78 is 1.76. The summed E-state index contributed by atoms with van der Waals surface area (Å²) in [7, 11) is 3.84. The lowest BCUT2D eigenvalue weighted by atomic mass is 9.96. The molecule has 18 heavy (non-hydrogen) atoms. The maximum atomic E-state index is 8.87. The summed E-state index contributed by atoms with van der Waals surface area (Å²) in [5, 5.41) is 16.3. The van der Waals surface area contributed by atoms with Crippen LogP contribution in [0.4, 0.5) is 5.82 Å².